The van der Waals surface area contributed by atoms with E-state index in [0.717, 1.165) is 144 Å². The van der Waals surface area contributed by atoms with E-state index in [4.69, 9.17) is 47.4 Å². The normalized spacial score (nSPS) is 19.8. The molecular formula is C104H112N16O4. The quantitative estimate of drug-likeness (QED) is 0.0393. The molecule has 0 radical (unpaired) electrons. The van der Waals surface area contributed by atoms with Crippen molar-refractivity contribution in [2.45, 2.75) is 166 Å². The van der Waals surface area contributed by atoms with Crippen molar-refractivity contribution in [3.63, 3.8) is 0 Å². The minimum Gasteiger partial charge on any atom is -0.446 e. The molecule has 0 saturated heterocycles. The van der Waals surface area contributed by atoms with E-state index in [1.54, 1.807) is 12.1 Å². The van der Waals surface area contributed by atoms with Crippen molar-refractivity contribution in [3.05, 3.63) is 342 Å². The number of aromatic nitrogens is 6. The van der Waals surface area contributed by atoms with E-state index in [1.807, 2.05) is 182 Å². The van der Waals surface area contributed by atoms with Gasteiger partial charge in [0.05, 0.1) is 40.3 Å². The number of hydrogen-bond donors (Lipinski definition) is 7. The molecule has 11 aromatic rings. The predicted octanol–water partition coefficient (Wildman–Crippen LogP) is 21.6. The number of nitrogens with zero attached hydrogens (tertiary/aromatic N) is 9. The van der Waals surface area contributed by atoms with Crippen molar-refractivity contribution in [2.75, 3.05) is 17.2 Å². The number of nitrogen functional groups attached to an aromatic ring is 3. The summed E-state index contributed by atoms with van der Waals surface area (Å²) < 4.78 is 11.6. The van der Waals surface area contributed by atoms with Crippen LogP contribution in [0, 0.1) is 29.1 Å². The lowest BCUT2D eigenvalue weighted by molar-refractivity contribution is 0.0577. The summed E-state index contributed by atoms with van der Waals surface area (Å²) >= 11 is 0. The van der Waals surface area contributed by atoms with Crippen molar-refractivity contribution < 1.29 is 19.1 Å². The lowest BCUT2D eigenvalue weighted by Gasteiger charge is -2.38. The third-order valence-electron chi connectivity index (χ3n) is 23.5. The maximum Gasteiger partial charge on any atom is 0.407 e. The van der Waals surface area contributed by atoms with Gasteiger partial charge in [-0.1, -0.05) is 276 Å². The smallest absolute Gasteiger partial charge is 0.407 e. The zero-order valence-electron chi connectivity index (χ0n) is 70.5. The van der Waals surface area contributed by atoms with E-state index in [0.29, 0.717) is 47.7 Å². The Balaban J connectivity index is 0.000000129. The first-order valence-electron chi connectivity index (χ1n) is 44.0. The fraction of sp³-hybridized carbons (Fsp3) is 0.288. The highest BCUT2D eigenvalue weighted by Crippen LogP contribution is 2.41. The van der Waals surface area contributed by atoms with Crippen molar-refractivity contribution in [1.82, 2.24) is 46.7 Å². The van der Waals surface area contributed by atoms with Gasteiger partial charge >= 0.3 is 12.2 Å². The number of allylic oxidation sites excluding steroid dienone is 4. The Morgan fingerprint density at radius 3 is 1.38 bits per heavy atom. The summed E-state index contributed by atoms with van der Waals surface area (Å²) in [5.74, 6) is 1.67. The van der Waals surface area contributed by atoms with E-state index < -0.39 is 6.09 Å². The van der Waals surface area contributed by atoms with E-state index >= 15 is 0 Å². The van der Waals surface area contributed by atoms with Crippen LogP contribution in [0.15, 0.2) is 318 Å². The van der Waals surface area contributed by atoms with Crippen LogP contribution in [0.2, 0.25) is 0 Å². The maximum atomic E-state index is 13.0. The van der Waals surface area contributed by atoms with Crippen LogP contribution in [0.5, 0.6) is 0 Å². The molecule has 2 aromatic heterocycles. The molecule has 10 N–H and O–H groups in total. The summed E-state index contributed by atoms with van der Waals surface area (Å²) in [5.41, 5.74) is 42.4. The molecule has 124 heavy (non-hydrogen) atoms. The van der Waals surface area contributed by atoms with Gasteiger partial charge in [0.1, 0.15) is 12.2 Å². The number of nitrogens with one attached hydrogen (secondary N) is 4. The molecule has 0 spiro atoms. The van der Waals surface area contributed by atoms with Crippen LogP contribution in [0.1, 0.15) is 161 Å². The van der Waals surface area contributed by atoms with E-state index in [1.165, 1.54) is 92.2 Å². The molecule has 7 aliphatic rings. The number of anilines is 3. The minimum absolute atomic E-state index is 0.0731. The van der Waals surface area contributed by atoms with Gasteiger partial charge in [-0.25, -0.2) is 9.59 Å². The van der Waals surface area contributed by atoms with E-state index in [-0.39, 0.29) is 42.1 Å². The van der Waals surface area contributed by atoms with Gasteiger partial charge in [-0.3, -0.25) is 0 Å². The van der Waals surface area contributed by atoms with Gasteiger partial charge in [0.15, 0.2) is 0 Å². The summed E-state index contributed by atoms with van der Waals surface area (Å²) in [4.78, 5) is 24.7. The zero-order chi connectivity index (χ0) is 85.3. The van der Waals surface area contributed by atoms with E-state index in [2.05, 4.69) is 150 Å². The predicted molar refractivity (Wildman–Crippen MR) is 500 cm³/mol. The molecule has 4 heterocycles. The number of hydrazone groups is 1. The SMILES string of the molecule is N=C1C=CC(C2NN=C(c3ccccc3)C3CCCCCC=C32)C=C1.Nc1ccc(-c2nnc(-c3ccccc3)c3c2CCCCCC3)cc1.Nc1ccc(-c2nnc(-c3ccccc3)nn2)cc1.Nc1ccc(C2=NN=C(c3ccccc3)C3CCCCCC(OC(=O)NCc4ccccc4)C23)cc1.O=C(NCc1ccccc1)OC1/C=C/CCCCC1. The number of carbonyl (C=O) groups excluding carboxylic acids is 2. The Morgan fingerprint density at radius 2 is 0.823 bits per heavy atom. The molecule has 2 aliphatic heterocycles. The maximum absolute atomic E-state index is 13.0. The lowest BCUT2D eigenvalue weighted by Crippen LogP contribution is -2.45. The molecule has 2 amide bonds. The number of amides is 2. The number of hydrogen-bond acceptors (Lipinski definition) is 18. The van der Waals surface area contributed by atoms with Crippen LogP contribution >= 0.6 is 0 Å². The summed E-state index contributed by atoms with van der Waals surface area (Å²) in [6, 6.07) is 83.8. The van der Waals surface area contributed by atoms with Crippen LogP contribution in [-0.2, 0) is 35.4 Å². The first-order chi connectivity index (χ1) is 61.0. The topological polar surface area (TPSA) is 305 Å². The monoisotopic (exact) mass is 1650 g/mol. The van der Waals surface area contributed by atoms with Crippen molar-refractivity contribution in [3.8, 4) is 45.3 Å². The third-order valence-corrected chi connectivity index (χ3v) is 23.5. The third kappa shape index (κ3) is 24.6. The molecule has 6 atom stereocenters. The summed E-state index contributed by atoms with van der Waals surface area (Å²) in [6.07, 6.45) is 37.5. The molecular weight excluding hydrogens is 1540 g/mol. The number of nitrogens with two attached hydrogens (primary N) is 3. The molecule has 9 aromatic carbocycles. The molecule has 18 rings (SSSR count). The molecule has 20 heteroatoms. The Bertz CT molecular complexity index is 5450. The number of fused-ring (bicyclic) bond motifs is 3. The van der Waals surface area contributed by atoms with Crippen LogP contribution in [0.4, 0.5) is 26.7 Å². The van der Waals surface area contributed by atoms with Gasteiger partial charge in [0, 0.05) is 76.1 Å². The van der Waals surface area contributed by atoms with Crippen LogP contribution in [-0.4, -0.2) is 83.9 Å². The fourth-order valence-corrected chi connectivity index (χ4v) is 17.0. The van der Waals surface area contributed by atoms with Crippen LogP contribution in [0.25, 0.3) is 45.3 Å². The Labute approximate surface area is 728 Å². The average molecular weight is 1650 g/mol. The van der Waals surface area contributed by atoms with Crippen molar-refractivity contribution >= 4 is 52.1 Å². The van der Waals surface area contributed by atoms with Gasteiger partial charge in [0.2, 0.25) is 11.6 Å². The highest BCUT2D eigenvalue weighted by Gasteiger charge is 2.43. The molecule has 0 bridgehead atoms. The highest BCUT2D eigenvalue weighted by molar-refractivity contribution is 6.12. The molecule has 20 nitrogen and oxygen atoms in total. The van der Waals surface area contributed by atoms with Crippen LogP contribution in [0.3, 0.4) is 0 Å². The van der Waals surface area contributed by atoms with Gasteiger partial charge in [-0.05, 0) is 201 Å². The summed E-state index contributed by atoms with van der Waals surface area (Å²) in [5, 5.41) is 53.5. The molecule has 1 saturated carbocycles. The number of ether oxygens (including phenoxy) is 2. The van der Waals surface area contributed by atoms with Gasteiger partial charge in [0.25, 0.3) is 0 Å². The van der Waals surface area contributed by atoms with Gasteiger partial charge in [-0.2, -0.15) is 15.3 Å². The molecule has 5 aliphatic carbocycles. The van der Waals surface area contributed by atoms with Crippen molar-refractivity contribution in [1.29, 1.82) is 5.41 Å². The summed E-state index contributed by atoms with van der Waals surface area (Å²) in [7, 11) is 0. The highest BCUT2D eigenvalue weighted by atomic mass is 16.6. The first-order valence-corrected chi connectivity index (χ1v) is 44.0. The lowest BCUT2D eigenvalue weighted by atomic mass is 9.71. The zero-order valence-corrected chi connectivity index (χ0v) is 70.5. The fourth-order valence-electron chi connectivity index (χ4n) is 17.0. The summed E-state index contributed by atoms with van der Waals surface area (Å²) in [6.45, 7) is 0.937. The Hall–Kier alpha value is -13.6. The minimum atomic E-state index is -0.399. The Kier molecular flexibility index (Phi) is 31.7. The van der Waals surface area contributed by atoms with Gasteiger partial charge < -0.3 is 48.1 Å². The second-order valence-corrected chi connectivity index (χ2v) is 32.3. The van der Waals surface area contributed by atoms with Crippen molar-refractivity contribution in [2.24, 2.45) is 39.0 Å². The second kappa shape index (κ2) is 45.3. The van der Waals surface area contributed by atoms with Gasteiger partial charge in [-0.15, -0.1) is 30.6 Å². The number of benzene rings is 9. The molecule has 632 valence electrons. The molecule has 1 fully saturated rings. The van der Waals surface area contributed by atoms with E-state index in [9.17, 15) is 9.59 Å². The first kappa shape index (κ1) is 86.8. The van der Waals surface area contributed by atoms with Crippen LogP contribution < -0.4 is 33.3 Å². The largest absolute Gasteiger partial charge is 0.446 e. The second-order valence-electron chi connectivity index (χ2n) is 32.3. The number of alkyl carbamates (subject to hydrolysis) is 2. The number of carbonyl (C=O) groups is 2. The Morgan fingerprint density at radius 1 is 0.403 bits per heavy atom. The number of rotatable bonds is 14. The average Bonchev–Trinajstić information content (AvgIpc) is 0.802. The molecule has 6 unspecified atom stereocenters. The standard InChI is InChI=1S/C30H32N4O2.C22H25N3.C22H23N3.C16H21NO2.C14H11N5/c31-24-18-16-23(17-19-24)29-27-25(28(33-34-29)22-12-6-2-7-13-22)14-8-3-9-15-26(27)36-30(35)32-20-21-10-4-1-5-11-21;2*23-18-14-12-17(13-15-18)22-20-11-7-2-1-6-10-19(20)21(24-25-22)16-8-4-3-5-9-16;18-16(17-13-14-9-5-4-6-10-14)19-15-11-7-2-1-3-8-12-15;15-12-8-6-11(7-9-12)14-18-16-13(17-19-14)10-4-2-1-3-5-10/h1-2,4-7,10-13,16-19,25-27H,3,8-9,14-15,20,31H2,(H,32,35);3-5,8-9,11-15,17,19,22-23,25H,1-2,6-7,10H2;3-5,8-9,12-15H,1-2,6-7,10-11,23H2;4-7,9-11,15H,1-3,8,12-13H2,(H,17,18);1-9H,15H2/b;;;11-7+;.